The summed E-state index contributed by atoms with van der Waals surface area (Å²) in [5.74, 6) is 0.611. The van der Waals surface area contributed by atoms with Crippen molar-refractivity contribution in [1.82, 2.24) is 10.3 Å². The molecule has 1 atom stereocenters. The van der Waals surface area contributed by atoms with Crippen molar-refractivity contribution in [1.29, 1.82) is 0 Å². The number of carbonyl (C=O) groups excluding carboxylic acids is 1. The molecular formula is C11H17N3OS. The number of aryl methyl sites for hydroxylation is 1. The van der Waals surface area contributed by atoms with Crippen molar-refractivity contribution in [2.75, 3.05) is 0 Å². The number of nitrogens with one attached hydrogen (secondary N) is 1. The Morgan fingerprint density at radius 2 is 2.50 bits per heavy atom. The van der Waals surface area contributed by atoms with Gasteiger partial charge in [0.2, 0.25) is 5.91 Å². The largest absolute Gasteiger partial charge is 0.350 e. The Labute approximate surface area is 99.3 Å². The number of hydrogen-bond donors (Lipinski definition) is 2. The summed E-state index contributed by atoms with van der Waals surface area (Å²) in [6, 6.07) is 0.0398. The zero-order valence-electron chi connectivity index (χ0n) is 9.40. The van der Waals surface area contributed by atoms with Crippen molar-refractivity contribution in [2.24, 2.45) is 11.7 Å². The van der Waals surface area contributed by atoms with Crippen LogP contribution in [-0.2, 0) is 11.3 Å². The summed E-state index contributed by atoms with van der Waals surface area (Å²) >= 11 is 1.57. The highest BCUT2D eigenvalue weighted by molar-refractivity contribution is 7.09. The average Bonchev–Trinajstić information content (AvgIpc) is 3.00. The highest BCUT2D eigenvalue weighted by Crippen LogP contribution is 2.32. The van der Waals surface area contributed by atoms with Gasteiger partial charge >= 0.3 is 0 Å². The lowest BCUT2D eigenvalue weighted by atomic mass is 10.1. The van der Waals surface area contributed by atoms with Crippen LogP contribution < -0.4 is 11.1 Å². The van der Waals surface area contributed by atoms with Crippen molar-refractivity contribution in [3.8, 4) is 0 Å². The Bertz CT molecular complexity index is 373. The van der Waals surface area contributed by atoms with Gasteiger partial charge in [-0.3, -0.25) is 4.79 Å². The summed E-state index contributed by atoms with van der Waals surface area (Å²) in [4.78, 5) is 15.8. The maximum absolute atomic E-state index is 11.6. The van der Waals surface area contributed by atoms with E-state index in [2.05, 4.69) is 10.3 Å². The third kappa shape index (κ3) is 3.28. The number of rotatable bonds is 5. The molecule has 1 saturated carbocycles. The summed E-state index contributed by atoms with van der Waals surface area (Å²) in [6.07, 6.45) is 2.80. The number of nitrogens with two attached hydrogens (primary N) is 1. The number of amides is 1. The molecule has 1 heterocycles. The molecule has 4 nitrogen and oxygen atoms in total. The Kier molecular flexibility index (Phi) is 3.56. The van der Waals surface area contributed by atoms with E-state index in [-0.39, 0.29) is 11.9 Å². The quantitative estimate of drug-likeness (QED) is 0.811. The SMILES string of the molecule is Cc1csc(CNC(=O)CC(N)C2CC2)n1. The van der Waals surface area contributed by atoms with Gasteiger partial charge in [0, 0.05) is 23.5 Å². The van der Waals surface area contributed by atoms with Gasteiger partial charge in [0.15, 0.2) is 0 Å². The summed E-state index contributed by atoms with van der Waals surface area (Å²) in [5.41, 5.74) is 6.88. The van der Waals surface area contributed by atoms with Crippen LogP contribution >= 0.6 is 11.3 Å². The van der Waals surface area contributed by atoms with Crippen LogP contribution in [0, 0.1) is 12.8 Å². The topological polar surface area (TPSA) is 68.0 Å². The number of hydrogen-bond acceptors (Lipinski definition) is 4. The molecule has 0 bridgehead atoms. The first-order valence-corrected chi connectivity index (χ1v) is 6.46. The standard InChI is InChI=1S/C11H17N3OS/c1-7-6-16-11(14-7)5-13-10(15)4-9(12)8-2-3-8/h6,8-9H,2-5,12H2,1H3,(H,13,15). The second kappa shape index (κ2) is 4.93. The summed E-state index contributed by atoms with van der Waals surface area (Å²) in [5, 5.41) is 5.79. The number of aromatic nitrogens is 1. The van der Waals surface area contributed by atoms with Crippen LogP contribution in [0.2, 0.25) is 0 Å². The molecule has 1 aromatic heterocycles. The van der Waals surface area contributed by atoms with Crippen LogP contribution in [-0.4, -0.2) is 16.9 Å². The van der Waals surface area contributed by atoms with Crippen molar-refractivity contribution < 1.29 is 4.79 Å². The van der Waals surface area contributed by atoms with Gasteiger partial charge < -0.3 is 11.1 Å². The van der Waals surface area contributed by atoms with Crippen molar-refractivity contribution >= 4 is 17.2 Å². The fraction of sp³-hybridized carbons (Fsp3) is 0.636. The molecule has 1 aliphatic rings. The zero-order chi connectivity index (χ0) is 11.5. The summed E-state index contributed by atoms with van der Waals surface area (Å²) in [7, 11) is 0. The third-order valence-corrected chi connectivity index (χ3v) is 3.72. The summed E-state index contributed by atoms with van der Waals surface area (Å²) < 4.78 is 0. The first-order chi connectivity index (χ1) is 7.65. The Morgan fingerprint density at radius 3 is 3.06 bits per heavy atom. The van der Waals surface area contributed by atoms with Crippen LogP contribution in [0.3, 0.4) is 0 Å². The van der Waals surface area contributed by atoms with Crippen molar-refractivity contribution in [3.05, 3.63) is 16.1 Å². The maximum atomic E-state index is 11.6. The lowest BCUT2D eigenvalue weighted by Crippen LogP contribution is -2.32. The fourth-order valence-corrected chi connectivity index (χ4v) is 2.35. The fourth-order valence-electron chi connectivity index (χ4n) is 1.64. The summed E-state index contributed by atoms with van der Waals surface area (Å²) in [6.45, 7) is 2.47. The first-order valence-electron chi connectivity index (χ1n) is 5.58. The minimum absolute atomic E-state index is 0.0345. The molecule has 5 heteroatoms. The Morgan fingerprint density at radius 1 is 1.75 bits per heavy atom. The van der Waals surface area contributed by atoms with Crippen LogP contribution in [0.25, 0.3) is 0 Å². The van der Waals surface area contributed by atoms with E-state index in [1.165, 1.54) is 12.8 Å². The van der Waals surface area contributed by atoms with Gasteiger partial charge in [0.1, 0.15) is 5.01 Å². The highest BCUT2D eigenvalue weighted by Gasteiger charge is 2.29. The molecule has 0 saturated heterocycles. The van der Waals surface area contributed by atoms with Crippen LogP contribution in [0.15, 0.2) is 5.38 Å². The van der Waals surface area contributed by atoms with Gasteiger partial charge in [0.25, 0.3) is 0 Å². The predicted molar refractivity (Wildman–Crippen MR) is 64.0 cm³/mol. The van der Waals surface area contributed by atoms with Gasteiger partial charge in [-0.15, -0.1) is 11.3 Å². The van der Waals surface area contributed by atoms with E-state index >= 15 is 0 Å². The predicted octanol–water partition coefficient (Wildman–Crippen LogP) is 1.20. The van der Waals surface area contributed by atoms with Gasteiger partial charge in [-0.25, -0.2) is 4.98 Å². The number of thiazole rings is 1. The van der Waals surface area contributed by atoms with E-state index in [1.54, 1.807) is 11.3 Å². The van der Waals surface area contributed by atoms with E-state index in [1.807, 2.05) is 12.3 Å². The number of carbonyl (C=O) groups is 1. The molecule has 16 heavy (non-hydrogen) atoms. The molecule has 1 aliphatic carbocycles. The minimum Gasteiger partial charge on any atom is -0.350 e. The van der Waals surface area contributed by atoms with Gasteiger partial charge in [0.05, 0.1) is 6.54 Å². The van der Waals surface area contributed by atoms with Crippen molar-refractivity contribution in [2.45, 2.75) is 38.8 Å². The van der Waals surface area contributed by atoms with E-state index < -0.39 is 0 Å². The molecule has 0 spiro atoms. The smallest absolute Gasteiger partial charge is 0.221 e. The molecule has 3 N–H and O–H groups in total. The molecule has 1 unspecified atom stereocenters. The Hall–Kier alpha value is -0.940. The number of nitrogens with zero attached hydrogens (tertiary/aromatic N) is 1. The van der Waals surface area contributed by atoms with Crippen LogP contribution in [0.1, 0.15) is 30.0 Å². The third-order valence-electron chi connectivity index (χ3n) is 2.75. The molecule has 1 aromatic rings. The van der Waals surface area contributed by atoms with Crippen LogP contribution in [0.5, 0.6) is 0 Å². The first kappa shape index (κ1) is 11.5. The van der Waals surface area contributed by atoms with Crippen LogP contribution in [0.4, 0.5) is 0 Å². The zero-order valence-corrected chi connectivity index (χ0v) is 10.2. The van der Waals surface area contributed by atoms with E-state index in [0.29, 0.717) is 18.9 Å². The lowest BCUT2D eigenvalue weighted by Gasteiger charge is -2.09. The normalized spacial score (nSPS) is 17.1. The maximum Gasteiger partial charge on any atom is 0.221 e. The second-order valence-electron chi connectivity index (χ2n) is 4.36. The highest BCUT2D eigenvalue weighted by atomic mass is 32.1. The monoisotopic (exact) mass is 239 g/mol. The van der Waals surface area contributed by atoms with Gasteiger partial charge in [-0.2, -0.15) is 0 Å². The lowest BCUT2D eigenvalue weighted by molar-refractivity contribution is -0.121. The molecule has 0 radical (unpaired) electrons. The molecule has 88 valence electrons. The minimum atomic E-state index is 0.0345. The van der Waals surface area contributed by atoms with Gasteiger partial charge in [-0.1, -0.05) is 0 Å². The molecule has 0 aliphatic heterocycles. The average molecular weight is 239 g/mol. The molecular weight excluding hydrogens is 222 g/mol. The second-order valence-corrected chi connectivity index (χ2v) is 5.31. The van der Waals surface area contributed by atoms with Crippen molar-refractivity contribution in [3.63, 3.8) is 0 Å². The van der Waals surface area contributed by atoms with E-state index in [0.717, 1.165) is 10.7 Å². The van der Waals surface area contributed by atoms with Gasteiger partial charge in [-0.05, 0) is 25.7 Å². The molecule has 1 fully saturated rings. The molecule has 2 rings (SSSR count). The van der Waals surface area contributed by atoms with E-state index in [9.17, 15) is 4.79 Å². The Balaban J connectivity index is 1.70. The molecule has 1 amide bonds. The molecule has 0 aromatic carbocycles. The van der Waals surface area contributed by atoms with E-state index in [4.69, 9.17) is 5.73 Å².